The minimum absolute atomic E-state index is 0.0240. The van der Waals surface area contributed by atoms with Crippen molar-refractivity contribution in [3.05, 3.63) is 102 Å². The van der Waals surface area contributed by atoms with E-state index in [1.807, 2.05) is 30.5 Å². The molecule has 3 N–H and O–H groups in total. The van der Waals surface area contributed by atoms with Crippen molar-refractivity contribution in [3.8, 4) is 28.2 Å². The maximum atomic E-state index is 16.6. The molecule has 4 aliphatic rings. The number of nitrogens with zero attached hydrogens (tertiary/aromatic N) is 9. The molecular weight excluding hydrogens is 840 g/mol. The number of hydrogen-bond donors (Lipinski definition) is 2. The van der Waals surface area contributed by atoms with Crippen molar-refractivity contribution in [2.75, 3.05) is 73.6 Å². The molecule has 0 spiro atoms. The second-order valence-electron chi connectivity index (χ2n) is 16.2. The molecule has 5 aromatic rings. The molecule has 4 aliphatic heterocycles. The Hall–Kier alpha value is -5.53. The van der Waals surface area contributed by atoms with E-state index in [-0.39, 0.29) is 41.1 Å². The lowest BCUT2D eigenvalue weighted by atomic mass is 9.95. The molecule has 4 saturated heterocycles. The molecule has 0 saturated carbocycles. The average Bonchev–Trinajstić information content (AvgIpc) is 3.90. The summed E-state index contributed by atoms with van der Waals surface area (Å²) in [6, 6.07) is 16.2. The van der Waals surface area contributed by atoms with Gasteiger partial charge < -0.3 is 9.80 Å². The summed E-state index contributed by atoms with van der Waals surface area (Å²) < 4.78 is 58.9. The Kier molecular flexibility index (Phi) is 11.7. The number of alkyl halides is 1. The fraction of sp³-hybridized carbons (Fsp3) is 0.372. The molecule has 3 amide bonds. The molecule has 324 valence electrons. The lowest BCUT2D eigenvalue weighted by molar-refractivity contribution is -0.120. The fourth-order valence-electron chi connectivity index (χ4n) is 9.08. The Balaban J connectivity index is 0.841. The molecule has 2 aromatic carbocycles. The van der Waals surface area contributed by atoms with Crippen LogP contribution in [0.25, 0.3) is 28.2 Å². The van der Waals surface area contributed by atoms with E-state index in [1.165, 1.54) is 12.1 Å². The highest BCUT2D eigenvalue weighted by Gasteiger charge is 2.43. The molecule has 4 fully saturated rings. The van der Waals surface area contributed by atoms with Crippen LogP contribution in [0.1, 0.15) is 37.3 Å². The zero-order valence-corrected chi connectivity index (χ0v) is 35.4. The van der Waals surface area contributed by atoms with Gasteiger partial charge in [0.2, 0.25) is 5.91 Å². The zero-order chi connectivity index (χ0) is 43.1. The van der Waals surface area contributed by atoms with Gasteiger partial charge in [0.15, 0.2) is 5.82 Å². The third kappa shape index (κ3) is 8.61. The zero-order valence-electron chi connectivity index (χ0n) is 33.8. The number of piperidine rings is 1. The number of imide groups is 1. The van der Waals surface area contributed by atoms with Gasteiger partial charge in [-0.1, -0.05) is 11.6 Å². The van der Waals surface area contributed by atoms with E-state index >= 15 is 8.78 Å². The number of urea groups is 1. The van der Waals surface area contributed by atoms with E-state index in [0.717, 1.165) is 80.0 Å². The number of amides is 3. The summed E-state index contributed by atoms with van der Waals surface area (Å²) in [5.41, 5.74) is 4.10. The van der Waals surface area contributed by atoms with Gasteiger partial charge >= 0.3 is 6.03 Å². The largest absolute Gasteiger partial charge is 0.372 e. The van der Waals surface area contributed by atoms with Crippen molar-refractivity contribution in [2.45, 2.75) is 37.9 Å². The van der Waals surface area contributed by atoms with Crippen LogP contribution in [0.2, 0.25) is 5.02 Å². The number of halogens is 3. The molecule has 2 unspecified atom stereocenters. The van der Waals surface area contributed by atoms with Crippen molar-refractivity contribution < 1.29 is 26.8 Å². The quantitative estimate of drug-likeness (QED) is 0.181. The van der Waals surface area contributed by atoms with Crippen molar-refractivity contribution in [1.82, 2.24) is 34.3 Å². The monoisotopic (exact) mass is 885 g/mol. The number of benzene rings is 2. The summed E-state index contributed by atoms with van der Waals surface area (Å²) in [6.07, 6.45) is 7.32. The van der Waals surface area contributed by atoms with E-state index in [0.29, 0.717) is 41.5 Å². The van der Waals surface area contributed by atoms with Gasteiger partial charge in [0.1, 0.15) is 17.7 Å². The lowest BCUT2D eigenvalue weighted by Crippen LogP contribution is -2.49. The van der Waals surface area contributed by atoms with E-state index in [4.69, 9.17) is 26.8 Å². The number of aromatic nitrogens is 4. The summed E-state index contributed by atoms with van der Waals surface area (Å²) in [4.78, 5) is 41.5. The van der Waals surface area contributed by atoms with Gasteiger partial charge in [0.25, 0.3) is 10.2 Å². The molecule has 7 heterocycles. The van der Waals surface area contributed by atoms with Crippen LogP contribution in [-0.2, 0) is 15.0 Å². The first kappa shape index (κ1) is 41.8. The van der Waals surface area contributed by atoms with Crippen molar-refractivity contribution in [3.63, 3.8) is 0 Å². The van der Waals surface area contributed by atoms with Gasteiger partial charge in [-0.25, -0.2) is 28.4 Å². The molecule has 0 radical (unpaired) electrons. The van der Waals surface area contributed by atoms with Crippen LogP contribution >= 0.6 is 11.6 Å². The predicted octanol–water partition coefficient (Wildman–Crippen LogP) is 5.56. The van der Waals surface area contributed by atoms with Crippen molar-refractivity contribution >= 4 is 50.8 Å². The Morgan fingerprint density at radius 3 is 2.19 bits per heavy atom. The number of carbonyl (C=O) groups excluding carboxylic acids is 2. The topological polar surface area (TPSA) is 166 Å². The van der Waals surface area contributed by atoms with Crippen LogP contribution in [0, 0.1) is 11.7 Å². The highest BCUT2D eigenvalue weighted by atomic mass is 35.5. The third-order valence-corrected chi connectivity index (χ3v) is 13.6. The van der Waals surface area contributed by atoms with E-state index in [2.05, 4.69) is 37.1 Å². The lowest BCUT2D eigenvalue weighted by Gasteiger charge is -2.40. The molecule has 2 atom stereocenters. The summed E-state index contributed by atoms with van der Waals surface area (Å²) in [5, 5.41) is 12.7. The van der Waals surface area contributed by atoms with Gasteiger partial charge in [-0.15, -0.1) is 0 Å². The van der Waals surface area contributed by atoms with E-state index < -0.39 is 28.2 Å². The molecule has 3 aromatic heterocycles. The number of anilines is 3. The summed E-state index contributed by atoms with van der Waals surface area (Å²) in [5.74, 6) is 0.0334. The van der Waals surface area contributed by atoms with E-state index in [1.54, 1.807) is 40.3 Å². The number of piperazine rings is 1. The molecule has 0 aliphatic carbocycles. The van der Waals surface area contributed by atoms with Crippen LogP contribution < -0.4 is 25.2 Å². The standard InChI is InChI=1S/C43H46ClF2N11O4S/c44-30-23-34(40(46)35(24-30)42-37(45)11-18-57(42)62(47,60)61)36-27-56(51-41(36)29-7-13-48-14-8-29)38-6-5-33(25-49-38)54-21-19-52(20-22-54)26-28-9-15-53(16-10-28)31-1-3-32(4-2-31)55-17-12-39(58)50-43(55)59/h1-8,13-14,23-25,27-28,37,42H,9-12,15-22,26H2,(H2,47,60,61)(H,50,58,59). The number of rotatable bonds is 10. The second-order valence-corrected chi connectivity index (χ2v) is 18.1. The number of pyridine rings is 2. The molecule has 62 heavy (non-hydrogen) atoms. The van der Waals surface area contributed by atoms with Gasteiger partial charge in [0.05, 0.1) is 17.9 Å². The van der Waals surface area contributed by atoms with Crippen LogP contribution in [0.5, 0.6) is 0 Å². The van der Waals surface area contributed by atoms with Gasteiger partial charge in [-0.05, 0) is 85.8 Å². The first-order chi connectivity index (χ1) is 29.9. The third-order valence-electron chi connectivity index (χ3n) is 12.4. The number of nitrogens with one attached hydrogen (secondary N) is 1. The Bertz CT molecular complexity index is 2550. The van der Waals surface area contributed by atoms with Gasteiger partial charge in [-0.3, -0.25) is 24.9 Å². The molecule has 0 bridgehead atoms. The fourth-order valence-corrected chi connectivity index (χ4v) is 10.2. The molecular formula is C43H46ClF2N11O4S. The van der Waals surface area contributed by atoms with Gasteiger partial charge in [0, 0.05) is 123 Å². The SMILES string of the molecule is NS(=O)(=O)N1CCC(F)C1c1cc(Cl)cc(-c2cn(-c3ccc(N4CCN(CC5CCN(c6ccc(N7CCC(=O)NC7=O)cc6)CC5)CC4)cn3)nc2-c2ccncc2)c1F. The smallest absolute Gasteiger partial charge is 0.328 e. The number of hydrogen-bond acceptors (Lipinski definition) is 10. The van der Waals surface area contributed by atoms with Crippen LogP contribution in [0.4, 0.5) is 30.6 Å². The molecule has 9 rings (SSSR count). The summed E-state index contributed by atoms with van der Waals surface area (Å²) >= 11 is 6.52. The summed E-state index contributed by atoms with van der Waals surface area (Å²) in [6.45, 7) is 6.77. The highest BCUT2D eigenvalue weighted by Crippen LogP contribution is 2.43. The summed E-state index contributed by atoms with van der Waals surface area (Å²) in [7, 11) is -4.33. The normalized spacial score (nSPS) is 20.9. The minimum atomic E-state index is -4.33. The Labute approximate surface area is 363 Å². The van der Waals surface area contributed by atoms with Crippen molar-refractivity contribution in [2.24, 2.45) is 11.1 Å². The number of carbonyl (C=O) groups is 2. The second kappa shape index (κ2) is 17.3. The minimum Gasteiger partial charge on any atom is -0.372 e. The Morgan fingerprint density at radius 1 is 0.823 bits per heavy atom. The first-order valence-electron chi connectivity index (χ1n) is 20.7. The average molecular weight is 886 g/mol. The van der Waals surface area contributed by atoms with Crippen LogP contribution in [0.3, 0.4) is 0 Å². The molecule has 15 nitrogen and oxygen atoms in total. The van der Waals surface area contributed by atoms with Gasteiger partial charge in [-0.2, -0.15) is 17.8 Å². The predicted molar refractivity (Wildman–Crippen MR) is 233 cm³/mol. The first-order valence-corrected chi connectivity index (χ1v) is 22.6. The maximum absolute atomic E-state index is 16.6. The van der Waals surface area contributed by atoms with Crippen LogP contribution in [-0.4, -0.2) is 114 Å². The highest BCUT2D eigenvalue weighted by molar-refractivity contribution is 7.86. The van der Waals surface area contributed by atoms with Crippen molar-refractivity contribution in [1.29, 1.82) is 0 Å². The van der Waals surface area contributed by atoms with Crippen LogP contribution in [0.15, 0.2) is 85.5 Å². The Morgan fingerprint density at radius 2 is 1.52 bits per heavy atom. The molecule has 19 heteroatoms. The maximum Gasteiger partial charge on any atom is 0.328 e. The number of nitrogens with two attached hydrogens (primary N) is 1. The van der Waals surface area contributed by atoms with E-state index in [9.17, 15) is 18.0 Å².